The minimum absolute atomic E-state index is 1.21. The Morgan fingerprint density at radius 2 is 0.857 bits per heavy atom. The molecule has 0 unspecified atom stereocenters. The first-order valence-corrected chi connectivity index (χ1v) is 7.33. The lowest BCUT2D eigenvalue weighted by atomic mass is 10.7. The summed E-state index contributed by atoms with van der Waals surface area (Å²) < 4.78 is 120. The molecule has 3 nitrogen and oxygen atoms in total. The summed E-state index contributed by atoms with van der Waals surface area (Å²) in [5, 5.41) is 0. The van der Waals surface area contributed by atoms with E-state index < -0.39 is 52.7 Å². The molecule has 14 heteroatoms. The zero-order chi connectivity index (χ0) is 16.9. The summed E-state index contributed by atoms with van der Waals surface area (Å²) in [4.78, 5) is 0. The molecule has 0 heterocycles. The molecule has 0 amide bonds. The highest BCUT2D eigenvalue weighted by atomic mass is 35.5. The smallest absolute Gasteiger partial charge is 0.363 e. The van der Waals surface area contributed by atoms with E-state index in [9.17, 15) is 39.5 Å². The van der Waals surface area contributed by atoms with E-state index >= 15 is 0 Å². The predicted octanol–water partition coefficient (Wildman–Crippen LogP) is 3.44. The van der Waals surface area contributed by atoms with Crippen molar-refractivity contribution in [3.05, 3.63) is 0 Å². The number of alkyl halides is 10. The highest BCUT2D eigenvalue weighted by molar-refractivity contribution is 6.69. The normalized spacial score (nSPS) is 14.6. The first kappa shape index (κ1) is 20.8. The average Bonchev–Trinajstić information content (AvgIpc) is 2.25. The van der Waals surface area contributed by atoms with Crippen molar-refractivity contribution in [1.82, 2.24) is 0 Å². The fourth-order valence-corrected chi connectivity index (χ4v) is 3.14. The van der Waals surface area contributed by atoms with E-state index in [1.165, 1.54) is 0 Å². The maximum Gasteiger partial charge on any atom is 0.517 e. The van der Waals surface area contributed by atoms with Crippen LogP contribution in [-0.4, -0.2) is 52.7 Å². The molecule has 0 aliphatic carbocycles. The first-order valence-electron chi connectivity index (χ1n) is 4.86. The Balaban J connectivity index is 4.91. The van der Waals surface area contributed by atoms with Crippen LogP contribution in [0.15, 0.2) is 0 Å². The van der Waals surface area contributed by atoms with Gasteiger partial charge in [0.05, 0.1) is 5.50 Å². The molecule has 0 saturated heterocycles. The molecule has 0 bridgehead atoms. The summed E-state index contributed by atoms with van der Waals surface area (Å²) in [5.74, 6) is 0. The summed E-state index contributed by atoms with van der Waals surface area (Å²) in [5.41, 5.74) is -1.21. The van der Waals surface area contributed by atoms with Gasteiger partial charge in [-0.2, -0.15) is 39.5 Å². The molecule has 0 spiro atoms. The highest BCUT2D eigenvalue weighted by Crippen LogP contribution is 2.25. The van der Waals surface area contributed by atoms with Gasteiger partial charge in [-0.05, 0) is 0 Å². The Labute approximate surface area is 118 Å². The fourth-order valence-electron chi connectivity index (χ4n) is 0.816. The molecule has 0 aromatic carbocycles. The highest BCUT2D eigenvalue weighted by Gasteiger charge is 2.49. The quantitative estimate of drug-likeness (QED) is 0.388. The van der Waals surface area contributed by atoms with Crippen molar-refractivity contribution < 1.29 is 52.8 Å². The van der Waals surface area contributed by atoms with Gasteiger partial charge in [-0.1, -0.05) is 0 Å². The van der Waals surface area contributed by atoms with Crippen LogP contribution in [0.1, 0.15) is 0 Å². The summed E-state index contributed by atoms with van der Waals surface area (Å²) in [6, 6.07) is 0. The average molecular weight is 375 g/mol. The second-order valence-corrected chi connectivity index (χ2v) is 6.83. The van der Waals surface area contributed by atoms with Gasteiger partial charge in [-0.15, -0.1) is 11.6 Å². The van der Waals surface area contributed by atoms with Crippen LogP contribution in [0.2, 0.25) is 0 Å². The van der Waals surface area contributed by atoms with Crippen molar-refractivity contribution in [2.24, 2.45) is 0 Å². The lowest BCUT2D eigenvalue weighted by molar-refractivity contribution is -0.193. The molecule has 21 heavy (non-hydrogen) atoms. The van der Waals surface area contributed by atoms with Crippen molar-refractivity contribution in [3.8, 4) is 0 Å². The predicted molar refractivity (Wildman–Crippen MR) is 52.5 cm³/mol. The van der Waals surface area contributed by atoms with E-state index in [2.05, 4.69) is 13.3 Å². The maximum absolute atomic E-state index is 12.0. The molecule has 0 aromatic rings. The molecule has 0 atom stereocenters. The molecule has 0 N–H and O–H groups in total. The Bertz CT molecular complexity index is 270. The molecule has 0 aliphatic heterocycles. The standard InChI is InChI=1S/C7H8ClF9O3Si/c8-4-21(18-1-5(9,10)11,19-2-6(12,13)14)20-3-7(15,16)17/h1-4H2. The van der Waals surface area contributed by atoms with Crippen LogP contribution in [0.5, 0.6) is 0 Å². The van der Waals surface area contributed by atoms with Crippen molar-refractivity contribution >= 4 is 20.4 Å². The monoisotopic (exact) mass is 374 g/mol. The van der Waals surface area contributed by atoms with Crippen LogP contribution >= 0.6 is 11.6 Å². The topological polar surface area (TPSA) is 27.7 Å². The Kier molecular flexibility index (Phi) is 7.26. The number of hydrogen-bond acceptors (Lipinski definition) is 3. The third kappa shape index (κ3) is 11.0. The third-order valence-electron chi connectivity index (χ3n) is 1.53. The minimum atomic E-state index is -5.01. The van der Waals surface area contributed by atoms with E-state index in [0.29, 0.717) is 0 Å². The van der Waals surface area contributed by atoms with E-state index in [4.69, 9.17) is 11.6 Å². The van der Waals surface area contributed by atoms with Gasteiger partial charge in [0.25, 0.3) is 0 Å². The number of hydrogen-bond donors (Lipinski definition) is 0. The Hall–Kier alpha value is -0.243. The minimum Gasteiger partial charge on any atom is -0.363 e. The lowest BCUT2D eigenvalue weighted by Gasteiger charge is -2.29. The van der Waals surface area contributed by atoms with E-state index in [1.807, 2.05) is 0 Å². The van der Waals surface area contributed by atoms with Gasteiger partial charge in [0.2, 0.25) is 0 Å². The molecule has 0 rings (SSSR count). The van der Waals surface area contributed by atoms with Crippen molar-refractivity contribution in [3.63, 3.8) is 0 Å². The molecular formula is C7H8ClF9O3Si. The summed E-state index contributed by atoms with van der Waals surface area (Å²) in [6.07, 6.45) is -15.0. The molecule has 0 radical (unpaired) electrons. The van der Waals surface area contributed by atoms with Crippen LogP contribution in [0.3, 0.4) is 0 Å². The molecular weight excluding hydrogens is 367 g/mol. The molecule has 0 saturated carbocycles. The molecule has 0 aromatic heterocycles. The van der Waals surface area contributed by atoms with Crippen LogP contribution in [0.25, 0.3) is 0 Å². The second kappa shape index (κ2) is 7.35. The zero-order valence-electron chi connectivity index (χ0n) is 9.83. The van der Waals surface area contributed by atoms with Crippen LogP contribution in [0.4, 0.5) is 39.5 Å². The third-order valence-corrected chi connectivity index (χ3v) is 4.59. The maximum atomic E-state index is 12.0. The number of rotatable bonds is 7. The Morgan fingerprint density at radius 3 is 1.00 bits per heavy atom. The van der Waals surface area contributed by atoms with Crippen molar-refractivity contribution in [2.75, 3.05) is 25.3 Å². The largest absolute Gasteiger partial charge is 0.517 e. The van der Waals surface area contributed by atoms with Crippen molar-refractivity contribution in [1.29, 1.82) is 0 Å². The first-order chi connectivity index (χ1) is 9.18. The fraction of sp³-hybridized carbons (Fsp3) is 1.00. The summed E-state index contributed by atoms with van der Waals surface area (Å²) >= 11 is 5.10. The van der Waals surface area contributed by atoms with Gasteiger partial charge in [0.15, 0.2) is 0 Å². The molecule has 0 fully saturated rings. The van der Waals surface area contributed by atoms with Gasteiger partial charge >= 0.3 is 27.3 Å². The van der Waals surface area contributed by atoms with Crippen molar-refractivity contribution in [2.45, 2.75) is 18.5 Å². The van der Waals surface area contributed by atoms with Gasteiger partial charge in [-0.3, -0.25) is 0 Å². The van der Waals surface area contributed by atoms with Crippen LogP contribution in [0, 0.1) is 0 Å². The zero-order valence-corrected chi connectivity index (χ0v) is 11.6. The van der Waals surface area contributed by atoms with E-state index in [0.717, 1.165) is 0 Å². The van der Waals surface area contributed by atoms with Gasteiger partial charge in [0, 0.05) is 0 Å². The lowest BCUT2D eigenvalue weighted by Crippen LogP contribution is -2.53. The van der Waals surface area contributed by atoms with Gasteiger partial charge in [0.1, 0.15) is 19.8 Å². The molecule has 128 valence electrons. The number of halogens is 10. The van der Waals surface area contributed by atoms with Gasteiger partial charge in [-0.25, -0.2) is 0 Å². The van der Waals surface area contributed by atoms with Gasteiger partial charge < -0.3 is 13.3 Å². The van der Waals surface area contributed by atoms with Crippen LogP contribution in [-0.2, 0) is 13.3 Å². The second-order valence-electron chi connectivity index (χ2n) is 3.53. The summed E-state index contributed by atoms with van der Waals surface area (Å²) in [7, 11) is -4.99. The Morgan fingerprint density at radius 1 is 0.619 bits per heavy atom. The van der Waals surface area contributed by atoms with Crippen LogP contribution < -0.4 is 0 Å². The summed E-state index contributed by atoms with van der Waals surface area (Å²) in [6.45, 7) is -6.45. The molecule has 0 aliphatic rings. The van der Waals surface area contributed by atoms with E-state index in [1.54, 1.807) is 0 Å². The van der Waals surface area contributed by atoms with E-state index in [-0.39, 0.29) is 0 Å². The SMILES string of the molecule is FC(F)(F)CO[Si](CCl)(OCC(F)(F)F)OCC(F)(F)F.